The van der Waals surface area contributed by atoms with Crippen LogP contribution in [0.5, 0.6) is 0 Å². The van der Waals surface area contributed by atoms with Crippen LogP contribution in [0.25, 0.3) is 0 Å². The summed E-state index contributed by atoms with van der Waals surface area (Å²) in [6.45, 7) is 5.28. The van der Waals surface area contributed by atoms with Crippen LogP contribution in [0.2, 0.25) is 0 Å². The van der Waals surface area contributed by atoms with Crippen molar-refractivity contribution in [3.8, 4) is 0 Å². The van der Waals surface area contributed by atoms with Crippen molar-refractivity contribution >= 4 is 13.5 Å². The zero-order chi connectivity index (χ0) is 19.8. The number of aromatic amines is 1. The van der Waals surface area contributed by atoms with E-state index in [9.17, 15) is 18.9 Å². The Kier molecular flexibility index (Phi) is 5.66. The number of carbonyl (C=O) groups excluding carboxylic acids is 1. The van der Waals surface area contributed by atoms with Crippen molar-refractivity contribution in [3.05, 3.63) is 27.0 Å². The van der Waals surface area contributed by atoms with Gasteiger partial charge in [0.2, 0.25) is 0 Å². The van der Waals surface area contributed by atoms with E-state index in [1.165, 1.54) is 0 Å². The van der Waals surface area contributed by atoms with E-state index in [4.69, 9.17) is 14.0 Å². The molecule has 2 fully saturated rings. The number of esters is 1. The van der Waals surface area contributed by atoms with E-state index >= 15 is 0 Å². The number of fused-ring (bicyclic) bond motifs is 1. The van der Waals surface area contributed by atoms with E-state index in [2.05, 4.69) is 15.2 Å². The van der Waals surface area contributed by atoms with Gasteiger partial charge in [0.15, 0.2) is 6.23 Å². The third-order valence-corrected chi connectivity index (χ3v) is 6.87. The fraction of sp³-hybridized carbons (Fsp3) is 0.733. The van der Waals surface area contributed by atoms with E-state index in [0.29, 0.717) is 6.42 Å². The lowest BCUT2D eigenvalue weighted by Gasteiger charge is -2.34. The zero-order valence-corrected chi connectivity index (χ0v) is 16.2. The first-order chi connectivity index (χ1) is 12.7. The number of aromatic nitrogens is 3. The van der Waals surface area contributed by atoms with Gasteiger partial charge in [-0.2, -0.15) is 9.78 Å². The molecule has 12 heteroatoms. The number of ether oxygens (including phenoxy) is 2. The minimum absolute atomic E-state index is 0.186. The predicted molar refractivity (Wildman–Crippen MR) is 93.4 cm³/mol. The zero-order valence-electron chi connectivity index (χ0n) is 15.3. The maximum atomic E-state index is 13.1. The number of nitrogens with zero attached hydrogens (tertiary/aromatic N) is 2. The third-order valence-electron chi connectivity index (χ3n) is 4.66. The highest BCUT2D eigenvalue weighted by molar-refractivity contribution is 7.57. The van der Waals surface area contributed by atoms with Gasteiger partial charge in [0.05, 0.1) is 18.8 Å². The topological polar surface area (TPSA) is 142 Å². The van der Waals surface area contributed by atoms with Gasteiger partial charge in [0.1, 0.15) is 12.2 Å². The van der Waals surface area contributed by atoms with Crippen molar-refractivity contribution in [2.24, 2.45) is 5.92 Å². The number of hydrogen-bond donors (Lipinski definition) is 2. The minimum Gasteiger partial charge on any atom is -0.465 e. The molecule has 0 bridgehead atoms. The summed E-state index contributed by atoms with van der Waals surface area (Å²) < 4.78 is 30.7. The highest BCUT2D eigenvalue weighted by atomic mass is 31.2. The van der Waals surface area contributed by atoms with Crippen LogP contribution in [0.1, 0.15) is 33.4 Å². The molecule has 6 atom stereocenters. The first kappa shape index (κ1) is 19.9. The molecule has 150 valence electrons. The molecule has 11 nitrogen and oxygen atoms in total. The summed E-state index contributed by atoms with van der Waals surface area (Å²) in [4.78, 5) is 37.1. The molecule has 0 amide bonds. The monoisotopic (exact) mass is 402 g/mol. The van der Waals surface area contributed by atoms with Crippen molar-refractivity contribution in [1.82, 2.24) is 19.9 Å². The van der Waals surface area contributed by atoms with Crippen LogP contribution in [0.15, 0.2) is 15.8 Å². The molecule has 1 unspecified atom stereocenters. The van der Waals surface area contributed by atoms with E-state index in [1.807, 2.05) is 0 Å². The molecule has 1 aromatic rings. The second-order valence-corrected chi connectivity index (χ2v) is 8.93. The lowest BCUT2D eigenvalue weighted by molar-refractivity contribution is -0.144. The maximum absolute atomic E-state index is 13.1. The van der Waals surface area contributed by atoms with Gasteiger partial charge in [-0.25, -0.2) is 9.88 Å². The highest BCUT2D eigenvalue weighted by Gasteiger charge is 2.51. The molecule has 3 rings (SSSR count). The highest BCUT2D eigenvalue weighted by Crippen LogP contribution is 2.54. The molecule has 0 saturated carbocycles. The summed E-state index contributed by atoms with van der Waals surface area (Å²) in [6, 6.07) is -0.774. The van der Waals surface area contributed by atoms with Gasteiger partial charge in [-0.1, -0.05) is 6.92 Å². The van der Waals surface area contributed by atoms with Crippen LogP contribution in [0.3, 0.4) is 0 Å². The molecule has 2 N–H and O–H groups in total. The fourth-order valence-corrected chi connectivity index (χ4v) is 5.66. The summed E-state index contributed by atoms with van der Waals surface area (Å²) in [7, 11) is -3.29. The second kappa shape index (κ2) is 7.67. The smallest absolute Gasteiger partial charge is 0.347 e. The number of nitrogens with one attached hydrogen (secondary N) is 2. The van der Waals surface area contributed by atoms with Gasteiger partial charge in [-0.05, 0) is 20.3 Å². The Balaban J connectivity index is 1.74. The van der Waals surface area contributed by atoms with Gasteiger partial charge in [0, 0.05) is 12.1 Å². The molecule has 2 aliphatic rings. The van der Waals surface area contributed by atoms with Crippen LogP contribution in [-0.4, -0.2) is 51.8 Å². The van der Waals surface area contributed by atoms with E-state index < -0.39 is 43.1 Å². The van der Waals surface area contributed by atoms with Crippen molar-refractivity contribution in [2.75, 3.05) is 12.8 Å². The number of H-pyrrole nitrogens is 1. The SMILES string of the molecule is CCOC(=O)[C@H](C)NP1(=O)CC[C@H]2O[C@@H](n3ncc(=O)[nH]c3=O)[C@H](C)[C@@H]2O1. The molecule has 1 aromatic heterocycles. The molecule has 2 saturated heterocycles. The Hall–Kier alpha value is -1.81. The van der Waals surface area contributed by atoms with Crippen LogP contribution < -0.4 is 16.3 Å². The Bertz CT molecular complexity index is 868. The molecule has 27 heavy (non-hydrogen) atoms. The van der Waals surface area contributed by atoms with Crippen molar-refractivity contribution in [2.45, 2.75) is 51.7 Å². The van der Waals surface area contributed by atoms with Gasteiger partial charge in [-0.15, -0.1) is 0 Å². The fourth-order valence-electron chi connectivity index (χ4n) is 3.36. The molecule has 0 radical (unpaired) electrons. The Morgan fingerprint density at radius 1 is 1.56 bits per heavy atom. The van der Waals surface area contributed by atoms with E-state index in [1.54, 1.807) is 20.8 Å². The summed E-state index contributed by atoms with van der Waals surface area (Å²) in [5, 5.41) is 6.59. The Labute approximate surface area is 154 Å². The molecule has 0 spiro atoms. The van der Waals surface area contributed by atoms with E-state index in [0.717, 1.165) is 10.9 Å². The number of rotatable bonds is 5. The average Bonchev–Trinajstić information content (AvgIpc) is 2.91. The summed E-state index contributed by atoms with van der Waals surface area (Å²) in [5.41, 5.74) is -1.28. The largest absolute Gasteiger partial charge is 0.465 e. The van der Waals surface area contributed by atoms with Crippen molar-refractivity contribution < 1.29 is 23.4 Å². The Morgan fingerprint density at radius 2 is 2.30 bits per heavy atom. The molecule has 2 aliphatic heterocycles. The average molecular weight is 402 g/mol. The van der Waals surface area contributed by atoms with Crippen LogP contribution >= 0.6 is 7.52 Å². The summed E-state index contributed by atoms with van der Waals surface area (Å²) >= 11 is 0. The number of hydrogen-bond acceptors (Lipinski definition) is 8. The molecular weight excluding hydrogens is 379 g/mol. The lowest BCUT2D eigenvalue weighted by atomic mass is 10.0. The summed E-state index contributed by atoms with van der Waals surface area (Å²) in [6.07, 6.45) is -0.0504. The first-order valence-electron chi connectivity index (χ1n) is 8.79. The van der Waals surface area contributed by atoms with E-state index in [-0.39, 0.29) is 24.8 Å². The van der Waals surface area contributed by atoms with Gasteiger partial charge in [0.25, 0.3) is 13.1 Å². The normalized spacial score (nSPS) is 34.0. The molecule has 3 heterocycles. The molecule has 0 aliphatic carbocycles. The van der Waals surface area contributed by atoms with Gasteiger partial charge < -0.3 is 14.0 Å². The van der Waals surface area contributed by atoms with Gasteiger partial charge >= 0.3 is 11.7 Å². The minimum atomic E-state index is -3.29. The molecule has 0 aromatic carbocycles. The van der Waals surface area contributed by atoms with Gasteiger partial charge in [-0.3, -0.25) is 19.1 Å². The third kappa shape index (κ3) is 4.06. The molecular formula is C15H23N4O7P. The van der Waals surface area contributed by atoms with Crippen molar-refractivity contribution in [1.29, 1.82) is 0 Å². The van der Waals surface area contributed by atoms with Crippen LogP contribution in [0.4, 0.5) is 0 Å². The lowest BCUT2D eigenvalue weighted by Crippen LogP contribution is -2.41. The van der Waals surface area contributed by atoms with Crippen LogP contribution in [-0.2, 0) is 23.4 Å². The Morgan fingerprint density at radius 3 is 2.96 bits per heavy atom. The van der Waals surface area contributed by atoms with Crippen molar-refractivity contribution in [3.63, 3.8) is 0 Å². The first-order valence-corrected chi connectivity index (χ1v) is 10.6. The van der Waals surface area contributed by atoms with Crippen LogP contribution in [0, 0.1) is 5.92 Å². The second-order valence-electron chi connectivity index (χ2n) is 6.67. The summed E-state index contributed by atoms with van der Waals surface area (Å²) in [5.74, 6) is -0.851. The standard InChI is InChI=1S/C15H23N4O7P/c1-4-24-14(21)9(3)18-27(23)6-5-10-12(26-27)8(2)13(25-10)19-15(22)17-11(20)7-16-19/h7-10,12-13H,4-6H2,1-3H3,(H,18,23)(H,17,20,22)/t8-,9+,10-,12+,13-,27?/m1/s1. The maximum Gasteiger partial charge on any atom is 0.347 e. The predicted octanol–water partition coefficient (Wildman–Crippen LogP) is -0.0117. The number of carbonyl (C=O) groups is 1. The quantitative estimate of drug-likeness (QED) is 0.513.